The van der Waals surface area contributed by atoms with Crippen LogP contribution >= 0.6 is 25.3 Å². The average Bonchev–Trinajstić information content (AvgIpc) is 2.75. The molecule has 2 unspecified atom stereocenters. The predicted molar refractivity (Wildman–Crippen MR) is 134 cm³/mol. The highest BCUT2D eigenvalue weighted by atomic mass is 32.1. The van der Waals surface area contributed by atoms with E-state index in [2.05, 4.69) is 85.3 Å². The molecule has 2 atom stereocenters. The smallest absolute Gasteiger partial charge is 0.142 e. The summed E-state index contributed by atoms with van der Waals surface area (Å²) in [5, 5.41) is 0.830. The first-order chi connectivity index (χ1) is 15.0. The first-order valence-electron chi connectivity index (χ1n) is 11.3. The molecule has 0 spiro atoms. The van der Waals surface area contributed by atoms with Gasteiger partial charge in [0, 0.05) is 47.8 Å². The van der Waals surface area contributed by atoms with Crippen molar-refractivity contribution in [2.45, 2.75) is 56.7 Å². The van der Waals surface area contributed by atoms with Crippen LogP contribution in [0.25, 0.3) is 0 Å². The van der Waals surface area contributed by atoms with Crippen LogP contribution < -0.4 is 9.47 Å². The molecule has 2 aliphatic heterocycles. The first kappa shape index (κ1) is 22.8. The summed E-state index contributed by atoms with van der Waals surface area (Å²) in [5.41, 5.74) is 5.21. The van der Waals surface area contributed by atoms with Gasteiger partial charge in [0.1, 0.15) is 25.0 Å². The molecule has 31 heavy (non-hydrogen) atoms. The van der Waals surface area contributed by atoms with E-state index in [0.29, 0.717) is 24.0 Å². The molecule has 2 aromatic carbocycles. The lowest BCUT2D eigenvalue weighted by molar-refractivity contribution is 0.0944. The van der Waals surface area contributed by atoms with Crippen molar-refractivity contribution in [2.75, 3.05) is 26.6 Å². The summed E-state index contributed by atoms with van der Waals surface area (Å²) in [5.74, 6) is 2.04. The van der Waals surface area contributed by atoms with Gasteiger partial charge in [0.05, 0.1) is 0 Å². The van der Waals surface area contributed by atoms with E-state index >= 15 is 0 Å². The topological polar surface area (TPSA) is 24.9 Å². The van der Waals surface area contributed by atoms with Gasteiger partial charge in [0.15, 0.2) is 0 Å². The van der Waals surface area contributed by atoms with E-state index in [4.69, 9.17) is 9.47 Å². The monoisotopic (exact) mass is 458 g/mol. The fourth-order valence-corrected chi connectivity index (χ4v) is 4.40. The van der Waals surface area contributed by atoms with Crippen LogP contribution in [0.15, 0.2) is 36.4 Å². The van der Waals surface area contributed by atoms with E-state index in [1.165, 1.54) is 22.3 Å². The van der Waals surface area contributed by atoms with E-state index < -0.39 is 0 Å². The molecule has 2 aromatic rings. The van der Waals surface area contributed by atoms with Crippen LogP contribution in [-0.2, 0) is 19.5 Å². The van der Waals surface area contributed by atoms with Crippen molar-refractivity contribution in [3.05, 3.63) is 58.7 Å². The Kier molecular flexibility index (Phi) is 7.75. The highest BCUT2D eigenvalue weighted by Crippen LogP contribution is 2.30. The molecule has 2 heterocycles. The molecule has 0 radical (unpaired) electrons. The van der Waals surface area contributed by atoms with Gasteiger partial charge in [-0.05, 0) is 42.5 Å². The molecular formula is C25H34N2O2S2. The molecule has 4 rings (SSSR count). The van der Waals surface area contributed by atoms with Gasteiger partial charge in [-0.3, -0.25) is 9.80 Å². The van der Waals surface area contributed by atoms with Gasteiger partial charge in [0.2, 0.25) is 0 Å². The van der Waals surface area contributed by atoms with Crippen LogP contribution in [0, 0.1) is 0 Å². The molecule has 0 saturated heterocycles. The quantitative estimate of drug-likeness (QED) is 0.544. The molecule has 0 bridgehead atoms. The second-order valence-electron chi connectivity index (χ2n) is 8.99. The summed E-state index contributed by atoms with van der Waals surface area (Å²) in [6, 6.07) is 13.3. The highest BCUT2D eigenvalue weighted by Gasteiger charge is 2.20. The zero-order chi connectivity index (χ0) is 21.8. The third-order valence-electron chi connectivity index (χ3n) is 5.98. The Balaban J connectivity index is 1.41. The van der Waals surface area contributed by atoms with Crippen molar-refractivity contribution in [1.29, 1.82) is 0 Å². The van der Waals surface area contributed by atoms with Crippen LogP contribution in [0.2, 0.25) is 0 Å². The average molecular weight is 459 g/mol. The maximum absolute atomic E-state index is 5.97. The Hall–Kier alpha value is -1.34. The van der Waals surface area contributed by atoms with Gasteiger partial charge in [-0.1, -0.05) is 38.1 Å². The zero-order valence-corrected chi connectivity index (χ0v) is 20.4. The third-order valence-corrected chi connectivity index (χ3v) is 6.49. The van der Waals surface area contributed by atoms with Crippen LogP contribution in [0.1, 0.15) is 48.9 Å². The lowest BCUT2D eigenvalue weighted by Gasteiger charge is -2.30. The summed E-state index contributed by atoms with van der Waals surface area (Å²) in [7, 11) is 0. The van der Waals surface area contributed by atoms with Crippen LogP contribution in [0.3, 0.4) is 0 Å². The minimum absolute atomic E-state index is 0.415. The van der Waals surface area contributed by atoms with Gasteiger partial charge in [0.25, 0.3) is 0 Å². The predicted octanol–water partition coefficient (Wildman–Crippen LogP) is 5.00. The number of hydrogen-bond donors (Lipinski definition) is 2. The van der Waals surface area contributed by atoms with Crippen LogP contribution in [0.4, 0.5) is 0 Å². The normalized spacial score (nSPS) is 18.5. The number of nitrogens with zero attached hydrogens (tertiary/aromatic N) is 2. The van der Waals surface area contributed by atoms with E-state index in [1.807, 2.05) is 0 Å². The molecule has 0 saturated carbocycles. The molecule has 0 fully saturated rings. The summed E-state index contributed by atoms with van der Waals surface area (Å²) < 4.78 is 11.9. The van der Waals surface area contributed by atoms with Crippen molar-refractivity contribution in [1.82, 2.24) is 9.80 Å². The van der Waals surface area contributed by atoms with Crippen molar-refractivity contribution < 1.29 is 9.47 Å². The Morgan fingerprint density at radius 2 is 1.23 bits per heavy atom. The second kappa shape index (κ2) is 10.5. The maximum atomic E-state index is 5.97. The number of benzene rings is 2. The molecule has 6 heteroatoms. The zero-order valence-electron chi connectivity index (χ0n) is 18.6. The molecule has 0 aliphatic carbocycles. The second-order valence-corrected chi connectivity index (χ2v) is 10.8. The Bertz CT molecular complexity index is 816. The number of fused-ring (bicyclic) bond motifs is 2. The van der Waals surface area contributed by atoms with Crippen LogP contribution in [-0.4, -0.2) is 46.9 Å². The highest BCUT2D eigenvalue weighted by molar-refractivity contribution is 7.81. The number of hydrogen-bond acceptors (Lipinski definition) is 6. The van der Waals surface area contributed by atoms with Gasteiger partial charge in [-0.15, -0.1) is 0 Å². The Labute approximate surface area is 197 Å². The van der Waals surface area contributed by atoms with Gasteiger partial charge >= 0.3 is 0 Å². The van der Waals surface area contributed by atoms with Crippen molar-refractivity contribution in [3.63, 3.8) is 0 Å². The van der Waals surface area contributed by atoms with Crippen molar-refractivity contribution in [3.8, 4) is 11.5 Å². The van der Waals surface area contributed by atoms with E-state index in [0.717, 1.165) is 56.9 Å². The Morgan fingerprint density at radius 3 is 1.65 bits per heavy atom. The standard InChI is InChI=1S/C25H34N2O2S2/c1-18(30)7-9-26-14-22-12-20(3-5-24(22)28-16-26)11-21-4-6-25-23(13-21)15-27(17-29-25)10-8-19(2)31/h3-6,12-13,18-19,30-31H,7-11,14-17H2,1-2H3. The summed E-state index contributed by atoms with van der Waals surface area (Å²) in [4.78, 5) is 4.71. The third kappa shape index (κ3) is 6.35. The first-order valence-corrected chi connectivity index (χ1v) is 12.3. The van der Waals surface area contributed by atoms with Gasteiger partial charge < -0.3 is 9.47 Å². The SMILES string of the molecule is CC(S)CCN1COc2ccc(Cc3ccc4c(c3)CN(CCC(C)S)CO4)cc2C1. The van der Waals surface area contributed by atoms with Crippen molar-refractivity contribution in [2.24, 2.45) is 0 Å². The molecule has 0 amide bonds. The summed E-state index contributed by atoms with van der Waals surface area (Å²) in [6.07, 6.45) is 3.06. The molecule has 168 valence electrons. The summed E-state index contributed by atoms with van der Waals surface area (Å²) >= 11 is 9.01. The minimum atomic E-state index is 0.415. The molecule has 0 N–H and O–H groups in total. The van der Waals surface area contributed by atoms with E-state index in [-0.39, 0.29) is 0 Å². The number of ether oxygens (including phenoxy) is 2. The van der Waals surface area contributed by atoms with Gasteiger partial charge in [-0.2, -0.15) is 25.3 Å². The van der Waals surface area contributed by atoms with Gasteiger partial charge in [-0.25, -0.2) is 0 Å². The van der Waals surface area contributed by atoms with Crippen LogP contribution in [0.5, 0.6) is 11.5 Å². The Morgan fingerprint density at radius 1 is 0.774 bits per heavy atom. The maximum Gasteiger partial charge on any atom is 0.142 e. The fourth-order valence-electron chi connectivity index (χ4n) is 4.17. The molecule has 2 aliphatic rings. The minimum Gasteiger partial charge on any atom is -0.478 e. The largest absolute Gasteiger partial charge is 0.478 e. The molecular weight excluding hydrogens is 424 g/mol. The number of thiol groups is 2. The molecule has 4 nitrogen and oxygen atoms in total. The molecule has 0 aromatic heterocycles. The fraction of sp³-hybridized carbons (Fsp3) is 0.520. The van der Waals surface area contributed by atoms with E-state index in [9.17, 15) is 0 Å². The lowest BCUT2D eigenvalue weighted by atomic mass is 9.99. The lowest BCUT2D eigenvalue weighted by Crippen LogP contribution is -2.33. The summed E-state index contributed by atoms with van der Waals surface area (Å²) in [6.45, 7) is 9.54. The number of rotatable bonds is 8. The van der Waals surface area contributed by atoms with Crippen molar-refractivity contribution >= 4 is 25.3 Å². The van der Waals surface area contributed by atoms with E-state index in [1.54, 1.807) is 0 Å².